The number of hydrazine groups is 1. The lowest BCUT2D eigenvalue weighted by Gasteiger charge is -2.11. The second kappa shape index (κ2) is 8.18. The van der Waals surface area contributed by atoms with Crippen LogP contribution in [0.1, 0.15) is 23.0 Å². The molecule has 0 bridgehead atoms. The van der Waals surface area contributed by atoms with E-state index in [1.807, 2.05) is 0 Å². The highest BCUT2D eigenvalue weighted by Crippen LogP contribution is 2.19. The summed E-state index contributed by atoms with van der Waals surface area (Å²) in [4.78, 5) is 36.9. The first-order chi connectivity index (χ1) is 13.4. The average Bonchev–Trinajstić information content (AvgIpc) is 2.69. The molecular formula is C19H16ClFN4O3. The Bertz CT molecular complexity index is 1110. The zero-order chi connectivity index (χ0) is 20.3. The molecule has 0 aliphatic rings. The fourth-order valence-corrected chi connectivity index (χ4v) is 2.94. The van der Waals surface area contributed by atoms with E-state index in [1.165, 1.54) is 18.2 Å². The van der Waals surface area contributed by atoms with Gasteiger partial charge in [0.25, 0.3) is 11.5 Å². The van der Waals surface area contributed by atoms with Crippen LogP contribution in [-0.4, -0.2) is 21.6 Å². The number of benzene rings is 2. The largest absolute Gasteiger partial charge is 0.290 e. The molecule has 1 aromatic heterocycles. The summed E-state index contributed by atoms with van der Waals surface area (Å²) < 4.78 is 14.9. The first-order valence-electron chi connectivity index (χ1n) is 8.44. The van der Waals surface area contributed by atoms with Gasteiger partial charge in [-0.1, -0.05) is 35.9 Å². The van der Waals surface area contributed by atoms with Crippen LogP contribution in [0, 0.1) is 5.82 Å². The highest BCUT2D eigenvalue weighted by molar-refractivity contribution is 6.31. The minimum absolute atomic E-state index is 0.0127. The zero-order valence-corrected chi connectivity index (χ0v) is 15.6. The van der Waals surface area contributed by atoms with Crippen LogP contribution in [0.25, 0.3) is 10.8 Å². The standard InChI is InChI=1S/C19H16ClFN4O3/c1-2-25-19(28)12-7-4-3-6-11(12)17(24-25)18(27)23-22-16(26)10-13-14(20)8-5-9-15(13)21/h3-9H,2,10H2,1H3,(H,22,26)(H,23,27). The number of rotatable bonds is 4. The van der Waals surface area contributed by atoms with Gasteiger partial charge in [0.1, 0.15) is 5.82 Å². The van der Waals surface area contributed by atoms with Gasteiger partial charge in [-0.2, -0.15) is 5.10 Å². The predicted molar refractivity (Wildman–Crippen MR) is 102 cm³/mol. The Labute approximate surface area is 164 Å². The van der Waals surface area contributed by atoms with Crippen LogP contribution in [0.15, 0.2) is 47.3 Å². The molecule has 7 nitrogen and oxygen atoms in total. The van der Waals surface area contributed by atoms with Crippen molar-refractivity contribution in [2.75, 3.05) is 0 Å². The number of hydrogen-bond donors (Lipinski definition) is 2. The number of aromatic nitrogens is 2. The van der Waals surface area contributed by atoms with Crippen molar-refractivity contribution >= 4 is 34.2 Å². The first-order valence-corrected chi connectivity index (χ1v) is 8.82. The molecule has 0 radical (unpaired) electrons. The highest BCUT2D eigenvalue weighted by atomic mass is 35.5. The summed E-state index contributed by atoms with van der Waals surface area (Å²) in [7, 11) is 0. The number of carbonyl (C=O) groups excluding carboxylic acids is 2. The van der Waals surface area contributed by atoms with E-state index >= 15 is 0 Å². The molecule has 0 unspecified atom stereocenters. The van der Waals surface area contributed by atoms with Gasteiger partial charge < -0.3 is 0 Å². The molecule has 3 aromatic rings. The number of nitrogens with one attached hydrogen (secondary N) is 2. The Balaban J connectivity index is 1.79. The summed E-state index contributed by atoms with van der Waals surface area (Å²) in [5, 5.41) is 4.89. The van der Waals surface area contributed by atoms with Crippen molar-refractivity contribution in [2.45, 2.75) is 19.9 Å². The second-order valence-electron chi connectivity index (χ2n) is 5.89. The van der Waals surface area contributed by atoms with Crippen molar-refractivity contribution in [1.29, 1.82) is 0 Å². The number of hydrogen-bond acceptors (Lipinski definition) is 4. The van der Waals surface area contributed by atoms with Crippen molar-refractivity contribution < 1.29 is 14.0 Å². The number of fused-ring (bicyclic) bond motifs is 1. The zero-order valence-electron chi connectivity index (χ0n) is 14.8. The molecule has 3 rings (SSSR count). The Kier molecular flexibility index (Phi) is 5.70. The van der Waals surface area contributed by atoms with E-state index in [9.17, 15) is 18.8 Å². The SMILES string of the molecule is CCn1nc(C(=O)NNC(=O)Cc2c(F)cccc2Cl)c2ccccc2c1=O. The van der Waals surface area contributed by atoms with Crippen LogP contribution in [0.4, 0.5) is 4.39 Å². The Morgan fingerprint density at radius 2 is 1.82 bits per heavy atom. The molecule has 28 heavy (non-hydrogen) atoms. The number of carbonyl (C=O) groups is 2. The molecule has 2 N–H and O–H groups in total. The number of aryl methyl sites for hydroxylation is 1. The highest BCUT2D eigenvalue weighted by Gasteiger charge is 2.17. The molecule has 0 aliphatic heterocycles. The van der Waals surface area contributed by atoms with E-state index in [0.717, 1.165) is 4.68 Å². The van der Waals surface area contributed by atoms with Crippen LogP contribution < -0.4 is 16.4 Å². The summed E-state index contributed by atoms with van der Waals surface area (Å²) in [5.74, 6) is -1.98. The van der Waals surface area contributed by atoms with Gasteiger partial charge in [0, 0.05) is 22.5 Å². The molecule has 0 fully saturated rings. The smallest absolute Gasteiger partial charge is 0.273 e. The van der Waals surface area contributed by atoms with Gasteiger partial charge in [-0.15, -0.1) is 0 Å². The van der Waals surface area contributed by atoms with Gasteiger partial charge >= 0.3 is 0 Å². The summed E-state index contributed by atoms with van der Waals surface area (Å²) in [6, 6.07) is 10.6. The summed E-state index contributed by atoms with van der Waals surface area (Å²) in [6.07, 6.45) is -0.353. The fourth-order valence-electron chi connectivity index (χ4n) is 2.71. The van der Waals surface area contributed by atoms with E-state index in [1.54, 1.807) is 31.2 Å². The summed E-state index contributed by atoms with van der Waals surface area (Å²) in [5.41, 5.74) is 4.15. The molecule has 0 spiro atoms. The maximum Gasteiger partial charge on any atom is 0.290 e. The molecule has 0 atom stereocenters. The maximum atomic E-state index is 13.8. The topological polar surface area (TPSA) is 93.1 Å². The van der Waals surface area contributed by atoms with E-state index in [0.29, 0.717) is 10.8 Å². The molecule has 0 saturated carbocycles. The predicted octanol–water partition coefficient (Wildman–Crippen LogP) is 2.21. The number of amides is 2. The van der Waals surface area contributed by atoms with Gasteiger partial charge in [-0.25, -0.2) is 9.07 Å². The van der Waals surface area contributed by atoms with Crippen LogP contribution in [0.5, 0.6) is 0 Å². The monoisotopic (exact) mass is 402 g/mol. The van der Waals surface area contributed by atoms with Crippen LogP contribution in [0.3, 0.4) is 0 Å². The molecule has 1 heterocycles. The van der Waals surface area contributed by atoms with Gasteiger partial charge in [-0.05, 0) is 25.1 Å². The lowest BCUT2D eigenvalue weighted by atomic mass is 10.1. The van der Waals surface area contributed by atoms with Crippen molar-refractivity contribution in [1.82, 2.24) is 20.6 Å². The van der Waals surface area contributed by atoms with Crippen molar-refractivity contribution in [3.63, 3.8) is 0 Å². The minimum atomic E-state index is -0.702. The van der Waals surface area contributed by atoms with E-state index in [2.05, 4.69) is 16.0 Å². The second-order valence-corrected chi connectivity index (χ2v) is 6.30. The Morgan fingerprint density at radius 3 is 2.50 bits per heavy atom. The molecule has 9 heteroatoms. The third kappa shape index (κ3) is 3.86. The first kappa shape index (κ1) is 19.5. The maximum absolute atomic E-state index is 13.8. The van der Waals surface area contributed by atoms with Gasteiger partial charge in [-0.3, -0.25) is 25.2 Å². The minimum Gasteiger partial charge on any atom is -0.273 e. The average molecular weight is 403 g/mol. The fraction of sp³-hybridized carbons (Fsp3) is 0.158. The van der Waals surface area contributed by atoms with Crippen LogP contribution >= 0.6 is 11.6 Å². The molecule has 2 amide bonds. The third-order valence-electron chi connectivity index (χ3n) is 4.10. The van der Waals surface area contributed by atoms with E-state index < -0.39 is 17.6 Å². The van der Waals surface area contributed by atoms with Crippen LogP contribution in [-0.2, 0) is 17.8 Å². The van der Waals surface area contributed by atoms with E-state index in [4.69, 9.17) is 11.6 Å². The van der Waals surface area contributed by atoms with Gasteiger partial charge in [0.15, 0.2) is 5.69 Å². The summed E-state index contributed by atoms with van der Waals surface area (Å²) >= 11 is 5.90. The van der Waals surface area contributed by atoms with Crippen molar-refractivity contribution in [3.05, 3.63) is 74.9 Å². The van der Waals surface area contributed by atoms with E-state index in [-0.39, 0.29) is 34.8 Å². The number of nitrogens with zero attached hydrogens (tertiary/aromatic N) is 2. The Hall–Kier alpha value is -3.26. The lowest BCUT2D eigenvalue weighted by molar-refractivity contribution is -0.121. The molecule has 144 valence electrons. The molecule has 0 saturated heterocycles. The molecular weight excluding hydrogens is 387 g/mol. The molecule has 0 aliphatic carbocycles. The third-order valence-corrected chi connectivity index (χ3v) is 4.45. The summed E-state index contributed by atoms with van der Waals surface area (Å²) in [6.45, 7) is 2.01. The molecule has 2 aromatic carbocycles. The normalized spacial score (nSPS) is 10.7. The van der Waals surface area contributed by atoms with Crippen molar-refractivity contribution in [2.24, 2.45) is 0 Å². The Morgan fingerprint density at radius 1 is 1.11 bits per heavy atom. The van der Waals surface area contributed by atoms with Gasteiger partial charge in [0.05, 0.1) is 11.8 Å². The number of halogens is 2. The quantitative estimate of drug-likeness (QED) is 0.654. The van der Waals surface area contributed by atoms with Gasteiger partial charge in [0.2, 0.25) is 5.91 Å². The lowest BCUT2D eigenvalue weighted by Crippen LogP contribution is -2.43. The van der Waals surface area contributed by atoms with Crippen LogP contribution in [0.2, 0.25) is 5.02 Å². The van der Waals surface area contributed by atoms with Crippen molar-refractivity contribution in [3.8, 4) is 0 Å².